The third-order valence-corrected chi connectivity index (χ3v) is 8.65. The van der Waals surface area contributed by atoms with Gasteiger partial charge in [0.15, 0.2) is 5.43 Å². The normalized spacial score (nSPS) is 16.1. The van der Waals surface area contributed by atoms with Crippen molar-refractivity contribution in [2.75, 3.05) is 6.61 Å². The second-order valence-corrected chi connectivity index (χ2v) is 13.0. The minimum Gasteiger partial charge on any atom is -0.481 e. The van der Waals surface area contributed by atoms with Gasteiger partial charge in [0.05, 0.1) is 24.2 Å². The van der Waals surface area contributed by atoms with Crippen LogP contribution < -0.4 is 27.3 Å². The van der Waals surface area contributed by atoms with Gasteiger partial charge in [-0.2, -0.15) is 0 Å². The van der Waals surface area contributed by atoms with Crippen LogP contribution in [0.3, 0.4) is 0 Å². The smallest absolute Gasteiger partial charge is 0.473 e. The van der Waals surface area contributed by atoms with Gasteiger partial charge < -0.3 is 50.7 Å². The third kappa shape index (κ3) is 11.9. The van der Waals surface area contributed by atoms with Gasteiger partial charge in [0.2, 0.25) is 11.8 Å². The van der Waals surface area contributed by atoms with Gasteiger partial charge in [0.1, 0.15) is 42.1 Å². The van der Waals surface area contributed by atoms with Crippen LogP contribution in [0, 0.1) is 0 Å². The van der Waals surface area contributed by atoms with Crippen LogP contribution in [0.15, 0.2) is 38.6 Å². The molecule has 0 saturated heterocycles. The molecule has 2 amide bonds. The Morgan fingerprint density at radius 2 is 1.47 bits per heavy atom. The number of carbonyl (C=O) groups is 5. The number of benzene rings is 1. The zero-order valence-electron chi connectivity index (χ0n) is 27.5. The molecule has 53 heavy (non-hydrogen) atoms. The molecule has 24 heteroatoms. The predicted octanol–water partition coefficient (Wildman–Crippen LogP) is -3.13. The molecule has 2 aliphatic rings. The van der Waals surface area contributed by atoms with Gasteiger partial charge >= 0.3 is 31.4 Å². The van der Waals surface area contributed by atoms with E-state index in [1.54, 1.807) is 0 Å². The molecule has 1 aromatic rings. The number of phosphoric acid groups is 1. The van der Waals surface area contributed by atoms with Crippen LogP contribution in [0.25, 0.3) is 22.3 Å². The molecule has 1 aliphatic heterocycles. The average molecular weight is 774 g/mol. The number of nitrogens with zero attached hydrogens (tertiary/aromatic N) is 1. The van der Waals surface area contributed by atoms with Crippen molar-refractivity contribution in [3.63, 3.8) is 0 Å². The van der Waals surface area contributed by atoms with Crippen LogP contribution in [-0.4, -0.2) is 123 Å². The number of aliphatic hydroxyl groups excluding tert-OH is 3. The van der Waals surface area contributed by atoms with Crippen molar-refractivity contribution in [2.24, 2.45) is 0 Å². The van der Waals surface area contributed by atoms with Crippen molar-refractivity contribution in [2.45, 2.75) is 75.7 Å². The first kappa shape index (κ1) is 42.1. The number of carboxylic acid groups (broad SMARTS) is 3. The number of aliphatic hydroxyl groups is 3. The Morgan fingerprint density at radius 1 is 0.868 bits per heavy atom. The number of nitrogens with one attached hydrogen (secondary N) is 4. The van der Waals surface area contributed by atoms with Gasteiger partial charge in [-0.15, -0.1) is 0 Å². The Labute approximate surface area is 295 Å². The highest BCUT2D eigenvalue weighted by Crippen LogP contribution is 2.44. The molecule has 11 N–H and O–H groups in total. The number of aromatic nitrogens is 3. The number of rotatable bonds is 20. The number of hydrogen-bond donors (Lipinski definition) is 11. The minimum absolute atomic E-state index is 0.0631. The molecular weight excluding hydrogens is 737 g/mol. The molecule has 0 aromatic carbocycles. The zero-order valence-corrected chi connectivity index (χ0v) is 28.4. The number of pyridine rings is 1. The quantitative estimate of drug-likeness (QED) is 0.0399. The van der Waals surface area contributed by atoms with E-state index in [2.05, 4.69) is 9.51 Å². The van der Waals surface area contributed by atoms with Crippen LogP contribution in [0.1, 0.15) is 32.6 Å². The van der Waals surface area contributed by atoms with Crippen molar-refractivity contribution in [1.29, 1.82) is 0 Å². The Balaban J connectivity index is 1.67. The number of carboxylic acids is 3. The van der Waals surface area contributed by atoms with Gasteiger partial charge in [-0.05, 0) is 43.5 Å². The summed E-state index contributed by atoms with van der Waals surface area (Å²) in [5, 5.41) is 62.9. The van der Waals surface area contributed by atoms with E-state index in [1.165, 1.54) is 18.2 Å². The first-order valence-electron chi connectivity index (χ1n) is 15.5. The van der Waals surface area contributed by atoms with Crippen LogP contribution in [-0.2, 0) is 44.1 Å². The van der Waals surface area contributed by atoms with E-state index >= 15 is 0 Å². The summed E-state index contributed by atoms with van der Waals surface area (Å²) in [6.07, 6.45) is -10.6. The van der Waals surface area contributed by atoms with Crippen molar-refractivity contribution < 1.29 is 73.1 Å². The molecule has 0 saturated carbocycles. The largest absolute Gasteiger partial charge is 0.481 e. The fourth-order valence-corrected chi connectivity index (χ4v) is 5.80. The molecule has 2 heterocycles. The summed E-state index contributed by atoms with van der Waals surface area (Å²) >= 11 is 0. The SMILES string of the molecule is C[C@H](OP(=O)(O)OC[C@@H](O)[C@@H](O)[C@@H](O)Cn1c2cc(=O)ccc-2cc2c(=O)[nH]c(=O)[nH]c21)C(=O)N[C@@H](CCC(=O)O)C(=O)N[C@@H](CCC(=O)O)C(=O)O. The molecule has 0 fully saturated rings. The Hall–Kier alpha value is -5.29. The molecule has 0 radical (unpaired) electrons. The molecule has 1 unspecified atom stereocenters. The third-order valence-electron chi connectivity index (χ3n) is 7.59. The minimum atomic E-state index is -5.29. The fourth-order valence-electron chi connectivity index (χ4n) is 4.90. The maximum atomic E-state index is 12.7. The summed E-state index contributed by atoms with van der Waals surface area (Å²) in [6.45, 7) is -0.939. The van der Waals surface area contributed by atoms with Gasteiger partial charge in [-0.1, -0.05) is 0 Å². The monoisotopic (exact) mass is 773 g/mol. The van der Waals surface area contributed by atoms with E-state index in [-0.39, 0.29) is 16.7 Å². The molecule has 0 bridgehead atoms. The number of aliphatic carboxylic acids is 3. The average Bonchev–Trinajstić information content (AvgIpc) is 3.06. The molecule has 3 rings (SSSR count). The van der Waals surface area contributed by atoms with Crippen molar-refractivity contribution in [3.8, 4) is 11.3 Å². The van der Waals surface area contributed by atoms with Crippen LogP contribution >= 0.6 is 7.82 Å². The highest BCUT2D eigenvalue weighted by Gasteiger charge is 2.35. The Bertz CT molecular complexity index is 2040. The van der Waals surface area contributed by atoms with Crippen LogP contribution in [0.2, 0.25) is 0 Å². The summed E-state index contributed by atoms with van der Waals surface area (Å²) in [7, 11) is -5.29. The molecular formula is C29H36N5O18P. The second kappa shape index (κ2) is 18.0. The van der Waals surface area contributed by atoms with E-state index in [0.717, 1.165) is 17.6 Å². The topological polar surface area (TPSA) is 374 Å². The van der Waals surface area contributed by atoms with Gasteiger partial charge in [0.25, 0.3) is 5.56 Å². The second-order valence-electron chi connectivity index (χ2n) is 11.6. The highest BCUT2D eigenvalue weighted by molar-refractivity contribution is 7.47. The lowest BCUT2D eigenvalue weighted by atomic mass is 10.0. The first-order chi connectivity index (χ1) is 24.7. The lowest BCUT2D eigenvalue weighted by molar-refractivity contribution is -0.144. The molecule has 0 spiro atoms. The molecule has 23 nitrogen and oxygen atoms in total. The summed E-state index contributed by atoms with van der Waals surface area (Å²) in [5.41, 5.74) is -1.94. The molecule has 1 aliphatic carbocycles. The predicted molar refractivity (Wildman–Crippen MR) is 176 cm³/mol. The van der Waals surface area contributed by atoms with E-state index in [0.29, 0.717) is 5.56 Å². The zero-order chi connectivity index (χ0) is 39.8. The number of phosphoric ester groups is 1. The summed E-state index contributed by atoms with van der Waals surface area (Å²) < 4.78 is 23.1. The van der Waals surface area contributed by atoms with E-state index in [9.17, 15) is 68.2 Å². The first-order valence-corrected chi connectivity index (χ1v) is 17.0. The number of aromatic amines is 2. The van der Waals surface area contributed by atoms with Crippen LogP contribution in [0.5, 0.6) is 0 Å². The van der Waals surface area contributed by atoms with E-state index < -0.39 is 130 Å². The highest BCUT2D eigenvalue weighted by atomic mass is 31.2. The van der Waals surface area contributed by atoms with Crippen molar-refractivity contribution in [1.82, 2.24) is 25.2 Å². The van der Waals surface area contributed by atoms with E-state index in [4.69, 9.17) is 14.7 Å². The standard InChI is InChI=1S/C29H36N5O18P/c1-12(25(43)30-16(4-6-21(38)39)27(45)31-17(28(46)47)5-7-22(40)41)52-53(49,50)51-11-20(37)23(42)19(36)10-34-18-9-14(35)3-2-13(18)8-15-24(34)32-29(48)33-26(15)44/h2-3,8-9,12,16-17,19-20,23,36-37,42H,4-7,10-11H2,1H3,(H,30,43)(H,31,45)(H,38,39)(H,40,41)(H,46,47)(H,49,50)(H2,32,33,44,48)/t12-,16-,17-,19-,20+,23-/m0/s1. The summed E-state index contributed by atoms with van der Waals surface area (Å²) in [5.74, 6) is -6.91. The van der Waals surface area contributed by atoms with Crippen LogP contribution in [0.4, 0.5) is 0 Å². The van der Waals surface area contributed by atoms with Gasteiger partial charge in [-0.25, -0.2) is 14.2 Å². The van der Waals surface area contributed by atoms with Gasteiger partial charge in [-0.3, -0.25) is 47.8 Å². The van der Waals surface area contributed by atoms with Crippen molar-refractivity contribution in [3.05, 3.63) is 55.3 Å². The summed E-state index contributed by atoms with van der Waals surface area (Å²) in [4.78, 5) is 110. The lowest BCUT2D eigenvalue weighted by Gasteiger charge is -2.27. The number of carbonyl (C=O) groups excluding carboxylic acids is 2. The summed E-state index contributed by atoms with van der Waals surface area (Å²) in [6, 6.07) is 1.59. The number of amides is 2. The van der Waals surface area contributed by atoms with Gasteiger partial charge in [0, 0.05) is 18.9 Å². The number of hydrogen-bond acceptors (Lipinski definition) is 14. The van der Waals surface area contributed by atoms with Crippen molar-refractivity contribution >= 4 is 48.6 Å². The molecule has 1 aromatic heterocycles. The molecule has 7 atom stereocenters. The maximum Gasteiger partial charge on any atom is 0.473 e. The number of H-pyrrole nitrogens is 2. The Kier molecular flexibility index (Phi) is 14.3. The maximum absolute atomic E-state index is 12.7. The fraction of sp³-hybridized carbons (Fsp3) is 0.448. The Morgan fingerprint density at radius 3 is 2.08 bits per heavy atom. The number of fused-ring (bicyclic) bond motifs is 2. The van der Waals surface area contributed by atoms with E-state index in [1.807, 2.05) is 15.6 Å². The lowest BCUT2D eigenvalue weighted by Crippen LogP contribution is -2.53. The molecule has 290 valence electrons.